The first-order chi connectivity index (χ1) is 8.86. The van der Waals surface area contributed by atoms with Crippen molar-refractivity contribution in [3.63, 3.8) is 0 Å². The van der Waals surface area contributed by atoms with Gasteiger partial charge in [-0.3, -0.25) is 0 Å². The van der Waals surface area contributed by atoms with E-state index in [0.717, 1.165) is 47.5 Å². The fourth-order valence-electron chi connectivity index (χ4n) is 2.84. The third-order valence-electron chi connectivity index (χ3n) is 3.61. The highest BCUT2D eigenvalue weighted by atomic mass is 16.5. The van der Waals surface area contributed by atoms with E-state index in [1.807, 2.05) is 0 Å². The molecule has 3 rings (SSSR count). The molecule has 94 valence electrons. The number of hydrogen-bond acceptors (Lipinski definition) is 4. The summed E-state index contributed by atoms with van der Waals surface area (Å²) in [7, 11) is 0. The zero-order chi connectivity index (χ0) is 12.5. The lowest BCUT2D eigenvalue weighted by Crippen LogP contribution is -2.00. The molecule has 0 aromatic heterocycles. The Labute approximate surface area is 106 Å². The second-order valence-electron chi connectivity index (χ2n) is 4.60. The van der Waals surface area contributed by atoms with Crippen molar-refractivity contribution in [1.29, 1.82) is 5.26 Å². The van der Waals surface area contributed by atoms with Crippen LogP contribution in [0.4, 0.5) is 0 Å². The summed E-state index contributed by atoms with van der Waals surface area (Å²) in [5.41, 5.74) is 3.90. The van der Waals surface area contributed by atoms with Gasteiger partial charge in [0.1, 0.15) is 23.1 Å². The van der Waals surface area contributed by atoms with Gasteiger partial charge in [-0.1, -0.05) is 0 Å². The summed E-state index contributed by atoms with van der Waals surface area (Å²) in [6.45, 7) is 1.45. The van der Waals surface area contributed by atoms with Gasteiger partial charge >= 0.3 is 0 Å². The Morgan fingerprint density at radius 1 is 1.11 bits per heavy atom. The normalized spacial score (nSPS) is 15.6. The van der Waals surface area contributed by atoms with Gasteiger partial charge in [-0.25, -0.2) is 0 Å². The molecule has 0 unspecified atom stereocenters. The molecule has 2 aliphatic rings. The molecule has 4 heteroatoms. The number of rotatable bonds is 3. The lowest BCUT2D eigenvalue weighted by Gasteiger charge is -2.14. The Bertz CT molecular complexity index is 496. The van der Waals surface area contributed by atoms with E-state index in [2.05, 4.69) is 6.07 Å². The SMILES string of the molecule is N#Cc1c2c(c(CCCO)c3c1OCC3)OCC2. The maximum atomic E-state index is 9.31. The van der Waals surface area contributed by atoms with Gasteiger partial charge in [0.15, 0.2) is 0 Å². The molecule has 2 aliphatic heterocycles. The van der Waals surface area contributed by atoms with Crippen molar-refractivity contribution in [1.82, 2.24) is 0 Å². The number of ether oxygens (including phenoxy) is 2. The summed E-state index contributed by atoms with van der Waals surface area (Å²) >= 11 is 0. The van der Waals surface area contributed by atoms with Crippen LogP contribution in [0.3, 0.4) is 0 Å². The molecule has 0 aliphatic carbocycles. The largest absolute Gasteiger partial charge is 0.493 e. The first kappa shape index (κ1) is 11.4. The van der Waals surface area contributed by atoms with Crippen molar-refractivity contribution < 1.29 is 14.6 Å². The molecule has 0 bridgehead atoms. The van der Waals surface area contributed by atoms with Crippen LogP contribution in [0.15, 0.2) is 0 Å². The lowest BCUT2D eigenvalue weighted by molar-refractivity contribution is 0.287. The molecule has 0 spiro atoms. The topological polar surface area (TPSA) is 62.5 Å². The number of nitriles is 1. The molecule has 0 atom stereocenters. The predicted octanol–water partition coefficient (Wildman–Crippen LogP) is 1.35. The summed E-state index contributed by atoms with van der Waals surface area (Å²) in [4.78, 5) is 0. The van der Waals surface area contributed by atoms with E-state index in [0.29, 0.717) is 25.2 Å². The number of aliphatic hydroxyl groups is 1. The van der Waals surface area contributed by atoms with Crippen molar-refractivity contribution in [3.05, 3.63) is 22.3 Å². The molecule has 0 radical (unpaired) electrons. The molecule has 1 aromatic carbocycles. The van der Waals surface area contributed by atoms with Gasteiger partial charge in [0, 0.05) is 36.1 Å². The number of hydrogen-bond donors (Lipinski definition) is 1. The first-order valence-electron chi connectivity index (χ1n) is 6.34. The Morgan fingerprint density at radius 2 is 1.83 bits per heavy atom. The summed E-state index contributed by atoms with van der Waals surface area (Å²) in [5, 5.41) is 18.3. The van der Waals surface area contributed by atoms with Crippen LogP contribution >= 0.6 is 0 Å². The zero-order valence-electron chi connectivity index (χ0n) is 10.2. The average molecular weight is 245 g/mol. The van der Waals surface area contributed by atoms with Gasteiger partial charge in [0.05, 0.1) is 13.2 Å². The van der Waals surface area contributed by atoms with Crippen LogP contribution in [0.25, 0.3) is 0 Å². The minimum absolute atomic E-state index is 0.171. The maximum Gasteiger partial charge on any atom is 0.141 e. The van der Waals surface area contributed by atoms with Gasteiger partial charge in [-0.2, -0.15) is 5.26 Å². The van der Waals surface area contributed by atoms with Crippen molar-refractivity contribution in [2.75, 3.05) is 19.8 Å². The Hall–Kier alpha value is -1.73. The van der Waals surface area contributed by atoms with E-state index >= 15 is 0 Å². The molecule has 0 fully saturated rings. The molecule has 18 heavy (non-hydrogen) atoms. The second kappa shape index (κ2) is 4.51. The van der Waals surface area contributed by atoms with Crippen molar-refractivity contribution in [2.45, 2.75) is 25.7 Å². The molecular weight excluding hydrogens is 230 g/mol. The number of benzene rings is 1. The van der Waals surface area contributed by atoms with Gasteiger partial charge in [0.2, 0.25) is 0 Å². The highest BCUT2D eigenvalue weighted by Crippen LogP contribution is 2.44. The fourth-order valence-corrected chi connectivity index (χ4v) is 2.84. The van der Waals surface area contributed by atoms with E-state index < -0.39 is 0 Å². The first-order valence-corrected chi connectivity index (χ1v) is 6.34. The third-order valence-corrected chi connectivity index (χ3v) is 3.61. The second-order valence-corrected chi connectivity index (χ2v) is 4.60. The average Bonchev–Trinajstić information content (AvgIpc) is 3.02. The molecule has 1 N–H and O–H groups in total. The molecule has 1 aromatic rings. The predicted molar refractivity (Wildman–Crippen MR) is 65.0 cm³/mol. The van der Waals surface area contributed by atoms with Crippen molar-refractivity contribution in [3.8, 4) is 17.6 Å². The van der Waals surface area contributed by atoms with E-state index in [1.54, 1.807) is 0 Å². The third kappa shape index (κ3) is 1.55. The van der Waals surface area contributed by atoms with Gasteiger partial charge in [0.25, 0.3) is 0 Å². The highest BCUT2D eigenvalue weighted by Gasteiger charge is 2.30. The minimum Gasteiger partial charge on any atom is -0.493 e. The molecule has 4 nitrogen and oxygen atoms in total. The quantitative estimate of drug-likeness (QED) is 0.873. The highest BCUT2D eigenvalue weighted by molar-refractivity contribution is 5.65. The monoisotopic (exact) mass is 245 g/mol. The van der Waals surface area contributed by atoms with Crippen molar-refractivity contribution in [2.24, 2.45) is 0 Å². The van der Waals surface area contributed by atoms with E-state index in [9.17, 15) is 5.26 Å². The summed E-state index contributed by atoms with van der Waals surface area (Å²) < 4.78 is 11.3. The van der Waals surface area contributed by atoms with Gasteiger partial charge in [-0.05, 0) is 12.8 Å². The van der Waals surface area contributed by atoms with E-state index in [-0.39, 0.29) is 6.61 Å². The van der Waals surface area contributed by atoms with Crippen LogP contribution < -0.4 is 9.47 Å². The van der Waals surface area contributed by atoms with E-state index in [4.69, 9.17) is 14.6 Å². The molecule has 2 heterocycles. The van der Waals surface area contributed by atoms with Crippen LogP contribution in [0.1, 0.15) is 28.7 Å². The fraction of sp³-hybridized carbons (Fsp3) is 0.500. The molecular formula is C14H15NO3. The Morgan fingerprint density at radius 3 is 2.56 bits per heavy atom. The Balaban J connectivity index is 2.17. The van der Waals surface area contributed by atoms with Gasteiger partial charge in [-0.15, -0.1) is 0 Å². The molecule has 0 saturated heterocycles. The number of nitrogens with zero attached hydrogens (tertiary/aromatic N) is 1. The lowest BCUT2D eigenvalue weighted by atomic mass is 9.92. The summed E-state index contributed by atoms with van der Waals surface area (Å²) in [5.74, 6) is 1.64. The van der Waals surface area contributed by atoms with Crippen LogP contribution in [-0.4, -0.2) is 24.9 Å². The smallest absolute Gasteiger partial charge is 0.141 e. The Kier molecular flexibility index (Phi) is 2.85. The van der Waals surface area contributed by atoms with Crippen molar-refractivity contribution >= 4 is 0 Å². The van der Waals surface area contributed by atoms with Crippen LogP contribution in [0.2, 0.25) is 0 Å². The van der Waals surface area contributed by atoms with Crippen LogP contribution in [0.5, 0.6) is 11.5 Å². The van der Waals surface area contributed by atoms with Crippen LogP contribution in [0, 0.1) is 11.3 Å². The number of aliphatic hydroxyl groups excluding tert-OH is 1. The zero-order valence-corrected chi connectivity index (χ0v) is 10.2. The van der Waals surface area contributed by atoms with Crippen LogP contribution in [-0.2, 0) is 19.3 Å². The molecule has 0 saturated carbocycles. The number of fused-ring (bicyclic) bond motifs is 2. The summed E-state index contributed by atoms with van der Waals surface area (Å²) in [6.07, 6.45) is 3.12. The molecule has 0 amide bonds. The maximum absolute atomic E-state index is 9.31. The van der Waals surface area contributed by atoms with Gasteiger partial charge < -0.3 is 14.6 Å². The van der Waals surface area contributed by atoms with E-state index in [1.165, 1.54) is 0 Å². The summed E-state index contributed by atoms with van der Waals surface area (Å²) in [6, 6.07) is 2.26. The standard InChI is InChI=1S/C14H15NO3/c15-8-12-11-4-7-17-13(11)9(2-1-5-16)10-3-6-18-14(10)12/h16H,1-7H2. The minimum atomic E-state index is 0.171.